The molecule has 3 N–H and O–H groups in total. The van der Waals surface area contributed by atoms with Crippen LogP contribution in [0.5, 0.6) is 0 Å². The second kappa shape index (κ2) is 7.33. The average Bonchev–Trinajstić information content (AvgIpc) is 3.18. The zero-order chi connectivity index (χ0) is 14.8. The molecule has 0 aliphatic heterocycles. The van der Waals surface area contributed by atoms with Gasteiger partial charge < -0.3 is 11.1 Å². The smallest absolute Gasteiger partial charge is 0.350 e. The van der Waals surface area contributed by atoms with Crippen molar-refractivity contribution in [3.05, 3.63) is 23.9 Å². The fourth-order valence-corrected chi connectivity index (χ4v) is 2.35. The summed E-state index contributed by atoms with van der Waals surface area (Å²) in [5, 5.41) is 2.21. The molecule has 1 unspecified atom stereocenters. The molecule has 0 spiro atoms. The van der Waals surface area contributed by atoms with Gasteiger partial charge in [-0.3, -0.25) is 4.79 Å². The zero-order valence-electron chi connectivity index (χ0n) is 10.9. The molecular weight excluding hydrogens is 327 g/mol. The van der Waals surface area contributed by atoms with Gasteiger partial charge in [0.1, 0.15) is 5.03 Å². The Morgan fingerprint density at radius 3 is 2.76 bits per heavy atom. The van der Waals surface area contributed by atoms with Crippen LogP contribution in [0.1, 0.15) is 23.2 Å². The van der Waals surface area contributed by atoms with Gasteiger partial charge in [-0.25, -0.2) is 4.98 Å². The van der Waals surface area contributed by atoms with Gasteiger partial charge in [-0.05, 0) is 30.9 Å². The monoisotopic (exact) mass is 341 g/mol. The molecule has 1 atom stereocenters. The quantitative estimate of drug-likeness (QED) is 0.808. The average molecular weight is 342 g/mol. The normalized spacial score (nSPS) is 16.0. The highest BCUT2D eigenvalue weighted by atomic mass is 35.5. The molecular formula is C12H15ClF3N3OS. The Kier molecular flexibility index (Phi) is 6.30. The van der Waals surface area contributed by atoms with Crippen molar-refractivity contribution in [1.29, 1.82) is 0 Å². The topological polar surface area (TPSA) is 68.0 Å². The molecule has 21 heavy (non-hydrogen) atoms. The highest BCUT2D eigenvalue weighted by molar-refractivity contribution is 8.00. The van der Waals surface area contributed by atoms with Gasteiger partial charge in [-0.2, -0.15) is 13.2 Å². The molecule has 1 aromatic rings. The highest BCUT2D eigenvalue weighted by Crippen LogP contribution is 2.37. The largest absolute Gasteiger partial charge is 0.447 e. The lowest BCUT2D eigenvalue weighted by atomic mass is 10.2. The van der Waals surface area contributed by atoms with Crippen LogP contribution in [-0.4, -0.2) is 29.0 Å². The number of nitrogens with two attached hydrogens (primary N) is 1. The third-order valence-electron chi connectivity index (χ3n) is 2.95. The molecule has 1 fully saturated rings. The molecule has 118 valence electrons. The fraction of sp³-hybridized carbons (Fsp3) is 0.500. The first kappa shape index (κ1) is 18.1. The van der Waals surface area contributed by atoms with E-state index in [1.807, 2.05) is 0 Å². The number of hydrogen-bond donors (Lipinski definition) is 2. The lowest BCUT2D eigenvalue weighted by Gasteiger charge is -2.13. The lowest BCUT2D eigenvalue weighted by molar-refractivity contribution is -0.0329. The number of carbonyl (C=O) groups excluding carboxylic acids is 1. The van der Waals surface area contributed by atoms with E-state index < -0.39 is 23.2 Å². The van der Waals surface area contributed by atoms with Crippen molar-refractivity contribution >= 4 is 30.1 Å². The summed E-state index contributed by atoms with van der Waals surface area (Å²) in [4.78, 5) is 15.5. The maximum absolute atomic E-state index is 12.4. The molecule has 1 aromatic heterocycles. The van der Waals surface area contributed by atoms with E-state index in [1.54, 1.807) is 0 Å². The van der Waals surface area contributed by atoms with Crippen LogP contribution >= 0.6 is 24.2 Å². The van der Waals surface area contributed by atoms with Gasteiger partial charge in [0.05, 0.1) is 5.56 Å². The Balaban J connectivity index is 0.00000220. The summed E-state index contributed by atoms with van der Waals surface area (Å²) in [6.45, 7) is 0.258. The maximum Gasteiger partial charge on any atom is 0.447 e. The van der Waals surface area contributed by atoms with Crippen LogP contribution in [0.3, 0.4) is 0 Å². The van der Waals surface area contributed by atoms with E-state index in [9.17, 15) is 18.0 Å². The number of rotatable bonds is 5. The minimum Gasteiger partial charge on any atom is -0.350 e. The SMILES string of the molecule is Cl.NC(CNC(=O)c1cccnc1SC(F)(F)F)C1CC1. The van der Waals surface area contributed by atoms with Crippen LogP contribution in [0.4, 0.5) is 13.2 Å². The van der Waals surface area contributed by atoms with Gasteiger partial charge in [0.25, 0.3) is 5.91 Å². The third kappa shape index (κ3) is 5.72. The van der Waals surface area contributed by atoms with Crippen molar-refractivity contribution < 1.29 is 18.0 Å². The van der Waals surface area contributed by atoms with Crippen molar-refractivity contribution in [3.63, 3.8) is 0 Å². The zero-order valence-corrected chi connectivity index (χ0v) is 12.5. The molecule has 1 aliphatic rings. The van der Waals surface area contributed by atoms with E-state index in [0.717, 1.165) is 12.8 Å². The molecule has 0 bridgehead atoms. The summed E-state index contributed by atoms with van der Waals surface area (Å²) in [6.07, 6.45) is 3.30. The summed E-state index contributed by atoms with van der Waals surface area (Å²) >= 11 is -0.395. The van der Waals surface area contributed by atoms with Crippen LogP contribution in [0, 0.1) is 5.92 Å². The minimum atomic E-state index is -4.48. The number of pyridine rings is 1. The Hall–Kier alpha value is -0.990. The Morgan fingerprint density at radius 2 is 2.19 bits per heavy atom. The molecule has 1 heterocycles. The molecule has 1 amide bonds. The van der Waals surface area contributed by atoms with Crippen molar-refractivity contribution in [2.75, 3.05) is 6.54 Å². The standard InChI is InChI=1S/C12H14F3N3OS.ClH/c13-12(14,15)20-11-8(2-1-5-17-11)10(19)18-6-9(16)7-3-4-7;/h1-2,5,7,9H,3-4,6,16H2,(H,18,19);1H. The number of amides is 1. The van der Waals surface area contributed by atoms with E-state index in [0.29, 0.717) is 5.92 Å². The van der Waals surface area contributed by atoms with Crippen molar-refractivity contribution in [3.8, 4) is 0 Å². The van der Waals surface area contributed by atoms with Crippen LogP contribution in [0.15, 0.2) is 23.4 Å². The second-order valence-corrected chi connectivity index (χ2v) is 5.67. The van der Waals surface area contributed by atoms with Crippen molar-refractivity contribution in [2.24, 2.45) is 11.7 Å². The van der Waals surface area contributed by atoms with Gasteiger partial charge in [0, 0.05) is 30.5 Å². The minimum absolute atomic E-state index is 0. The summed E-state index contributed by atoms with van der Waals surface area (Å²) < 4.78 is 37.2. The van der Waals surface area contributed by atoms with E-state index in [1.165, 1.54) is 18.3 Å². The van der Waals surface area contributed by atoms with Gasteiger partial charge in [-0.1, -0.05) is 0 Å². The summed E-state index contributed by atoms with van der Waals surface area (Å²) in [6, 6.07) is 2.60. The van der Waals surface area contributed by atoms with Gasteiger partial charge in [0.15, 0.2) is 0 Å². The van der Waals surface area contributed by atoms with Gasteiger partial charge in [0.2, 0.25) is 0 Å². The van der Waals surface area contributed by atoms with Gasteiger partial charge in [-0.15, -0.1) is 12.4 Å². The number of aromatic nitrogens is 1. The van der Waals surface area contributed by atoms with Gasteiger partial charge >= 0.3 is 5.51 Å². The predicted octanol–water partition coefficient (Wildman–Crippen LogP) is 2.58. The molecule has 4 nitrogen and oxygen atoms in total. The predicted molar refractivity (Wildman–Crippen MR) is 76.4 cm³/mol. The van der Waals surface area contributed by atoms with E-state index in [-0.39, 0.29) is 35.6 Å². The first-order chi connectivity index (χ1) is 9.37. The van der Waals surface area contributed by atoms with Crippen LogP contribution in [-0.2, 0) is 0 Å². The number of halogens is 4. The van der Waals surface area contributed by atoms with Crippen LogP contribution < -0.4 is 11.1 Å². The first-order valence-electron chi connectivity index (χ1n) is 6.11. The van der Waals surface area contributed by atoms with E-state index in [4.69, 9.17) is 5.73 Å². The number of thioether (sulfide) groups is 1. The first-order valence-corrected chi connectivity index (χ1v) is 6.93. The number of carbonyl (C=O) groups is 1. The molecule has 0 aromatic carbocycles. The Morgan fingerprint density at radius 1 is 1.52 bits per heavy atom. The summed E-state index contributed by atoms with van der Waals surface area (Å²) in [7, 11) is 0. The second-order valence-electron chi connectivity index (χ2n) is 4.62. The molecule has 0 saturated heterocycles. The molecule has 1 aliphatic carbocycles. The maximum atomic E-state index is 12.4. The number of nitrogens with one attached hydrogen (secondary N) is 1. The Bertz CT molecular complexity index is 497. The van der Waals surface area contributed by atoms with Crippen LogP contribution in [0.25, 0.3) is 0 Å². The summed E-state index contributed by atoms with van der Waals surface area (Å²) in [5.74, 6) is -0.172. The molecule has 9 heteroatoms. The Labute approximate surface area is 130 Å². The highest BCUT2D eigenvalue weighted by Gasteiger charge is 2.33. The van der Waals surface area contributed by atoms with E-state index >= 15 is 0 Å². The summed E-state index contributed by atoms with van der Waals surface area (Å²) in [5.41, 5.74) is 1.27. The van der Waals surface area contributed by atoms with Crippen LogP contribution in [0.2, 0.25) is 0 Å². The van der Waals surface area contributed by atoms with Crippen molar-refractivity contribution in [2.45, 2.75) is 29.4 Å². The number of nitrogens with zero attached hydrogens (tertiary/aromatic N) is 1. The number of alkyl halides is 3. The van der Waals surface area contributed by atoms with Crippen molar-refractivity contribution in [1.82, 2.24) is 10.3 Å². The molecule has 2 rings (SSSR count). The fourth-order valence-electron chi connectivity index (χ4n) is 1.75. The lowest BCUT2D eigenvalue weighted by Crippen LogP contribution is -2.38. The van der Waals surface area contributed by atoms with E-state index in [2.05, 4.69) is 10.3 Å². The third-order valence-corrected chi connectivity index (χ3v) is 3.70. The molecule has 1 saturated carbocycles. The number of hydrogen-bond acceptors (Lipinski definition) is 4. The molecule has 0 radical (unpaired) electrons.